The second kappa shape index (κ2) is 7.44. The minimum absolute atomic E-state index is 0.0940. The van der Waals surface area contributed by atoms with Gasteiger partial charge in [-0.1, -0.05) is 30.3 Å². The summed E-state index contributed by atoms with van der Waals surface area (Å²) in [5, 5.41) is 7.42. The van der Waals surface area contributed by atoms with E-state index >= 15 is 0 Å². The van der Waals surface area contributed by atoms with E-state index in [1.807, 2.05) is 34.9 Å². The molecule has 2 aliphatic rings. The van der Waals surface area contributed by atoms with E-state index < -0.39 is 0 Å². The summed E-state index contributed by atoms with van der Waals surface area (Å²) in [7, 11) is 0. The summed E-state index contributed by atoms with van der Waals surface area (Å²) in [5.74, 6) is 0.797. The lowest BCUT2D eigenvalue weighted by molar-refractivity contribution is -0.122. The highest BCUT2D eigenvalue weighted by Crippen LogP contribution is 2.22. The van der Waals surface area contributed by atoms with Crippen LogP contribution in [0.4, 0.5) is 0 Å². The van der Waals surface area contributed by atoms with Crippen LogP contribution < -0.4 is 10.9 Å². The van der Waals surface area contributed by atoms with Crippen LogP contribution in [-0.2, 0) is 28.9 Å². The van der Waals surface area contributed by atoms with Gasteiger partial charge in [-0.15, -0.1) is 5.10 Å². The zero-order valence-electron chi connectivity index (χ0n) is 16.1. The molecule has 150 valence electrons. The molecule has 0 unspecified atom stereocenters. The van der Waals surface area contributed by atoms with Crippen LogP contribution in [0.2, 0.25) is 0 Å². The molecule has 2 aromatic heterocycles. The van der Waals surface area contributed by atoms with Crippen LogP contribution in [0.15, 0.2) is 35.1 Å². The van der Waals surface area contributed by atoms with Crippen molar-refractivity contribution < 1.29 is 9.53 Å². The van der Waals surface area contributed by atoms with Gasteiger partial charge >= 0.3 is 0 Å². The minimum Gasteiger partial charge on any atom is -0.376 e. The van der Waals surface area contributed by atoms with E-state index in [1.165, 1.54) is 4.52 Å². The number of amides is 1. The van der Waals surface area contributed by atoms with E-state index in [1.54, 1.807) is 0 Å². The molecule has 1 N–H and O–H groups in total. The van der Waals surface area contributed by atoms with Gasteiger partial charge in [-0.05, 0) is 32.1 Å². The van der Waals surface area contributed by atoms with Crippen molar-refractivity contribution in [3.05, 3.63) is 51.9 Å². The Labute approximate surface area is 167 Å². The zero-order chi connectivity index (χ0) is 19.8. The summed E-state index contributed by atoms with van der Waals surface area (Å²) in [4.78, 5) is 30.2. The number of hydrogen-bond donors (Lipinski definition) is 1. The number of carbonyl (C=O) groups is 1. The van der Waals surface area contributed by atoms with Crippen molar-refractivity contribution in [2.24, 2.45) is 0 Å². The maximum absolute atomic E-state index is 12.9. The molecule has 1 saturated heterocycles. The van der Waals surface area contributed by atoms with Gasteiger partial charge in [0.2, 0.25) is 11.7 Å². The number of hydrogen-bond acceptors (Lipinski definition) is 5. The Morgan fingerprint density at radius 2 is 2.07 bits per heavy atom. The fourth-order valence-electron chi connectivity index (χ4n) is 4.23. The van der Waals surface area contributed by atoms with E-state index in [0.29, 0.717) is 24.6 Å². The molecule has 8 heteroatoms. The van der Waals surface area contributed by atoms with Crippen molar-refractivity contribution in [3.63, 3.8) is 0 Å². The first-order valence-corrected chi connectivity index (χ1v) is 10.2. The van der Waals surface area contributed by atoms with Crippen molar-refractivity contribution in [2.75, 3.05) is 13.2 Å². The zero-order valence-corrected chi connectivity index (χ0v) is 16.1. The summed E-state index contributed by atoms with van der Waals surface area (Å²) in [6.07, 6.45) is 4.49. The maximum Gasteiger partial charge on any atom is 0.279 e. The van der Waals surface area contributed by atoms with E-state index in [9.17, 15) is 9.59 Å². The number of carbonyl (C=O) groups excluding carboxylic acids is 1. The van der Waals surface area contributed by atoms with Crippen LogP contribution in [0.25, 0.3) is 17.2 Å². The smallest absolute Gasteiger partial charge is 0.279 e. The summed E-state index contributed by atoms with van der Waals surface area (Å²) in [5.41, 5.74) is 2.36. The van der Waals surface area contributed by atoms with Crippen LogP contribution in [0, 0.1) is 0 Å². The second-order valence-corrected chi connectivity index (χ2v) is 7.62. The molecule has 1 aliphatic heterocycles. The fraction of sp³-hybridized carbons (Fsp3) is 0.429. The Hall–Kier alpha value is -3.00. The van der Waals surface area contributed by atoms with Crippen LogP contribution in [0.1, 0.15) is 30.5 Å². The number of ether oxygens (including phenoxy) is 1. The summed E-state index contributed by atoms with van der Waals surface area (Å²) in [6.45, 7) is 1.39. The molecule has 0 bridgehead atoms. The van der Waals surface area contributed by atoms with Crippen molar-refractivity contribution in [1.29, 1.82) is 0 Å². The second-order valence-electron chi connectivity index (χ2n) is 7.62. The Kier molecular flexibility index (Phi) is 4.63. The van der Waals surface area contributed by atoms with E-state index in [-0.39, 0.29) is 24.1 Å². The number of rotatable bonds is 5. The molecule has 29 heavy (non-hydrogen) atoms. The predicted molar refractivity (Wildman–Crippen MR) is 107 cm³/mol. The lowest BCUT2D eigenvalue weighted by Crippen LogP contribution is -2.35. The van der Waals surface area contributed by atoms with Gasteiger partial charge < -0.3 is 14.6 Å². The molecular formula is C21H23N5O3. The van der Waals surface area contributed by atoms with E-state index in [4.69, 9.17) is 4.74 Å². The van der Waals surface area contributed by atoms with Crippen molar-refractivity contribution in [3.8, 4) is 11.4 Å². The van der Waals surface area contributed by atoms with E-state index in [2.05, 4.69) is 15.4 Å². The summed E-state index contributed by atoms with van der Waals surface area (Å²) >= 11 is 0. The molecule has 1 fully saturated rings. The highest BCUT2D eigenvalue weighted by Gasteiger charge is 2.25. The highest BCUT2D eigenvalue weighted by molar-refractivity contribution is 5.76. The first-order valence-electron chi connectivity index (χ1n) is 10.2. The number of aromatic nitrogens is 4. The first kappa shape index (κ1) is 18.1. The summed E-state index contributed by atoms with van der Waals surface area (Å²) < 4.78 is 8.78. The Balaban J connectivity index is 1.51. The van der Waals surface area contributed by atoms with Gasteiger partial charge in [0.1, 0.15) is 6.54 Å². The molecule has 3 aromatic rings. The first-order chi connectivity index (χ1) is 14.2. The molecule has 1 aromatic carbocycles. The standard InChI is InChI=1S/C21H23N5O3/c27-18(22-12-15-8-5-11-29-15)13-25-17-10-4-9-16(17)20(28)26-21(25)23-19(24-26)14-6-2-1-3-7-14/h1-3,6-7,15H,4-5,8-13H2,(H,22,27)/t15-/m0/s1. The number of nitrogens with zero attached hydrogens (tertiary/aromatic N) is 4. The van der Waals surface area contributed by atoms with Crippen molar-refractivity contribution in [2.45, 2.75) is 44.8 Å². The third-order valence-electron chi connectivity index (χ3n) is 5.68. The Morgan fingerprint density at radius 3 is 2.86 bits per heavy atom. The molecule has 3 heterocycles. The molecular weight excluding hydrogens is 370 g/mol. The largest absolute Gasteiger partial charge is 0.376 e. The lowest BCUT2D eigenvalue weighted by atomic mass is 10.2. The molecule has 8 nitrogen and oxygen atoms in total. The SMILES string of the molecule is O=C(Cn1c2c(c(=O)n3nc(-c4ccccc4)nc13)CCC2)NC[C@@H]1CCCO1. The van der Waals surface area contributed by atoms with Gasteiger partial charge in [-0.2, -0.15) is 9.50 Å². The molecule has 1 atom stereocenters. The lowest BCUT2D eigenvalue weighted by Gasteiger charge is -2.15. The van der Waals surface area contributed by atoms with Crippen LogP contribution in [0.3, 0.4) is 0 Å². The third kappa shape index (κ3) is 3.33. The normalized spacial score (nSPS) is 18.3. The molecule has 0 saturated carbocycles. The monoisotopic (exact) mass is 393 g/mol. The molecule has 5 rings (SSSR count). The van der Waals surface area contributed by atoms with E-state index in [0.717, 1.165) is 49.1 Å². The quantitative estimate of drug-likeness (QED) is 0.707. The third-order valence-corrected chi connectivity index (χ3v) is 5.68. The summed E-state index contributed by atoms with van der Waals surface area (Å²) in [6, 6.07) is 9.56. The Morgan fingerprint density at radius 1 is 1.21 bits per heavy atom. The predicted octanol–water partition coefficient (Wildman–Crippen LogP) is 1.34. The fourth-order valence-corrected chi connectivity index (χ4v) is 4.23. The highest BCUT2D eigenvalue weighted by atomic mass is 16.5. The van der Waals surface area contributed by atoms with Crippen molar-refractivity contribution in [1.82, 2.24) is 24.5 Å². The van der Waals surface area contributed by atoms with Crippen LogP contribution in [0.5, 0.6) is 0 Å². The van der Waals surface area contributed by atoms with Crippen molar-refractivity contribution >= 4 is 11.7 Å². The van der Waals surface area contributed by atoms with Gasteiger partial charge in [0, 0.05) is 30.0 Å². The molecule has 1 amide bonds. The van der Waals surface area contributed by atoms with Gasteiger partial charge in [0.05, 0.1) is 6.10 Å². The van der Waals surface area contributed by atoms with Crippen LogP contribution in [-0.4, -0.2) is 44.3 Å². The Bertz CT molecular complexity index is 1110. The van der Waals surface area contributed by atoms with Crippen LogP contribution >= 0.6 is 0 Å². The number of benzene rings is 1. The average molecular weight is 393 g/mol. The number of fused-ring (bicyclic) bond motifs is 2. The molecule has 1 aliphatic carbocycles. The van der Waals surface area contributed by atoms with Gasteiger partial charge in [0.15, 0.2) is 5.82 Å². The average Bonchev–Trinajstić information content (AvgIpc) is 3.50. The van der Waals surface area contributed by atoms with Gasteiger partial charge in [-0.25, -0.2) is 0 Å². The topological polar surface area (TPSA) is 90.5 Å². The minimum atomic E-state index is -0.127. The molecule has 0 spiro atoms. The van der Waals surface area contributed by atoms with Gasteiger partial charge in [-0.3, -0.25) is 9.59 Å². The maximum atomic E-state index is 12.9. The number of nitrogens with one attached hydrogen (secondary N) is 1. The molecule has 0 radical (unpaired) electrons. The van der Waals surface area contributed by atoms with Gasteiger partial charge in [0.25, 0.3) is 5.56 Å².